The third kappa shape index (κ3) is 4.29. The van der Waals surface area contributed by atoms with Crippen LogP contribution in [0, 0.1) is 5.82 Å². The van der Waals surface area contributed by atoms with E-state index in [-0.39, 0.29) is 36.0 Å². The van der Waals surface area contributed by atoms with Gasteiger partial charge in [0, 0.05) is 18.2 Å². The van der Waals surface area contributed by atoms with Gasteiger partial charge in [0.1, 0.15) is 10.8 Å². The van der Waals surface area contributed by atoms with Gasteiger partial charge in [0.15, 0.2) is 5.82 Å². The van der Waals surface area contributed by atoms with Crippen molar-refractivity contribution in [3.8, 4) is 0 Å². The van der Waals surface area contributed by atoms with Crippen LogP contribution in [-0.4, -0.2) is 26.8 Å². The van der Waals surface area contributed by atoms with Gasteiger partial charge in [0.25, 0.3) is 0 Å². The Kier molecular flexibility index (Phi) is 5.11. The van der Waals surface area contributed by atoms with Crippen molar-refractivity contribution in [1.29, 1.82) is 0 Å². The van der Waals surface area contributed by atoms with Gasteiger partial charge in [-0.1, -0.05) is 29.8 Å². The highest BCUT2D eigenvalue weighted by atomic mass is 35.5. The van der Waals surface area contributed by atoms with Gasteiger partial charge in [0.05, 0.1) is 13.0 Å². The Morgan fingerprint density at radius 3 is 2.73 bits per heavy atom. The number of amides is 1. The van der Waals surface area contributed by atoms with Crippen molar-refractivity contribution in [3.63, 3.8) is 0 Å². The molecule has 0 aliphatic heterocycles. The molecular weight excluding hydrogens is 313 g/mol. The molecule has 0 unspecified atom stereocenters. The summed E-state index contributed by atoms with van der Waals surface area (Å²) in [6.45, 7) is 0.164. The summed E-state index contributed by atoms with van der Waals surface area (Å²) in [6, 6.07) is 6.26. The van der Waals surface area contributed by atoms with Crippen LogP contribution >= 0.6 is 11.6 Å². The maximum atomic E-state index is 13.6. The smallest absolute Gasteiger partial charge is 0.303 e. The van der Waals surface area contributed by atoms with Gasteiger partial charge in [-0.3, -0.25) is 14.3 Å². The van der Waals surface area contributed by atoms with E-state index >= 15 is 0 Å². The molecule has 0 radical (unpaired) electrons. The summed E-state index contributed by atoms with van der Waals surface area (Å²) in [5, 5.41) is 15.2. The predicted molar refractivity (Wildman–Crippen MR) is 78.2 cm³/mol. The Balaban J connectivity index is 2.03. The predicted octanol–water partition coefficient (Wildman–Crippen LogP) is 2.53. The molecule has 0 saturated carbocycles. The van der Waals surface area contributed by atoms with E-state index in [0.29, 0.717) is 5.56 Å². The topological polar surface area (TPSA) is 84.2 Å². The molecule has 116 valence electrons. The molecule has 1 aromatic heterocycles. The Labute approximate surface area is 130 Å². The second kappa shape index (κ2) is 7.04. The number of carbonyl (C=O) groups excluding carboxylic acids is 1. The van der Waals surface area contributed by atoms with Crippen LogP contribution in [0.3, 0.4) is 0 Å². The third-order valence-corrected chi connectivity index (χ3v) is 3.11. The van der Waals surface area contributed by atoms with Crippen LogP contribution in [0.4, 0.5) is 10.2 Å². The first-order valence-corrected chi connectivity index (χ1v) is 6.81. The minimum absolute atomic E-state index is 0.119. The highest BCUT2D eigenvalue weighted by molar-refractivity contribution is 6.33. The van der Waals surface area contributed by atoms with Crippen LogP contribution in [0.5, 0.6) is 0 Å². The monoisotopic (exact) mass is 325 g/mol. The number of halogens is 2. The molecule has 0 fully saturated rings. The van der Waals surface area contributed by atoms with Crippen LogP contribution in [0.25, 0.3) is 0 Å². The fraction of sp³-hybridized carbons (Fsp3) is 0.214. The number of carboxylic acids is 1. The lowest BCUT2D eigenvalue weighted by Crippen LogP contribution is -2.14. The van der Waals surface area contributed by atoms with Gasteiger partial charge < -0.3 is 10.4 Å². The second-order valence-electron chi connectivity index (χ2n) is 4.56. The summed E-state index contributed by atoms with van der Waals surface area (Å²) in [7, 11) is 0. The standard InChI is InChI=1S/C14H13ClFN3O3/c15-10-8-19(7-9-3-1-2-4-11(9)16)18-14(10)17-12(20)5-6-13(21)22/h1-4,8H,5-7H2,(H,21,22)(H,17,18,20). The van der Waals surface area contributed by atoms with Gasteiger partial charge in [-0.2, -0.15) is 5.10 Å². The van der Waals surface area contributed by atoms with Crippen LogP contribution in [0.1, 0.15) is 18.4 Å². The quantitative estimate of drug-likeness (QED) is 0.854. The van der Waals surface area contributed by atoms with E-state index in [0.717, 1.165) is 0 Å². The molecule has 1 amide bonds. The minimum Gasteiger partial charge on any atom is -0.481 e. The molecule has 0 atom stereocenters. The minimum atomic E-state index is -1.06. The van der Waals surface area contributed by atoms with E-state index < -0.39 is 11.9 Å². The van der Waals surface area contributed by atoms with E-state index in [1.54, 1.807) is 18.2 Å². The number of nitrogens with one attached hydrogen (secondary N) is 1. The van der Waals surface area contributed by atoms with Gasteiger partial charge in [-0.05, 0) is 6.07 Å². The molecule has 0 spiro atoms. The zero-order valence-corrected chi connectivity index (χ0v) is 12.2. The lowest BCUT2D eigenvalue weighted by Gasteiger charge is -2.03. The molecule has 2 rings (SSSR count). The van der Waals surface area contributed by atoms with E-state index in [2.05, 4.69) is 10.4 Å². The van der Waals surface area contributed by atoms with Gasteiger partial charge in [0.2, 0.25) is 5.91 Å². The molecule has 2 aromatic rings. The fourth-order valence-corrected chi connectivity index (χ4v) is 1.98. The Morgan fingerprint density at radius 2 is 2.05 bits per heavy atom. The van der Waals surface area contributed by atoms with Crippen molar-refractivity contribution in [2.24, 2.45) is 0 Å². The number of carboxylic acid groups (broad SMARTS) is 1. The summed E-state index contributed by atoms with van der Waals surface area (Å²) >= 11 is 5.95. The second-order valence-corrected chi connectivity index (χ2v) is 4.96. The summed E-state index contributed by atoms with van der Waals surface area (Å²) in [5.74, 6) is -1.80. The van der Waals surface area contributed by atoms with Crippen molar-refractivity contribution in [2.75, 3.05) is 5.32 Å². The maximum Gasteiger partial charge on any atom is 0.303 e. The van der Waals surface area contributed by atoms with Crippen LogP contribution < -0.4 is 5.32 Å². The van der Waals surface area contributed by atoms with Gasteiger partial charge in [-0.15, -0.1) is 0 Å². The average molecular weight is 326 g/mol. The Hall–Kier alpha value is -2.41. The number of anilines is 1. The van der Waals surface area contributed by atoms with E-state index in [1.165, 1.54) is 16.9 Å². The van der Waals surface area contributed by atoms with E-state index in [1.807, 2.05) is 0 Å². The fourth-order valence-electron chi connectivity index (χ4n) is 1.78. The Bertz CT molecular complexity index is 702. The first kappa shape index (κ1) is 16.0. The number of carbonyl (C=O) groups is 2. The maximum absolute atomic E-state index is 13.6. The van der Waals surface area contributed by atoms with Crippen LogP contribution in [0.15, 0.2) is 30.5 Å². The molecule has 8 heteroatoms. The lowest BCUT2D eigenvalue weighted by atomic mass is 10.2. The van der Waals surface area contributed by atoms with Gasteiger partial charge >= 0.3 is 5.97 Å². The molecule has 0 aliphatic carbocycles. The largest absolute Gasteiger partial charge is 0.481 e. The van der Waals surface area contributed by atoms with E-state index in [4.69, 9.17) is 16.7 Å². The summed E-state index contributed by atoms with van der Waals surface area (Å²) < 4.78 is 15.0. The molecule has 0 aliphatic rings. The molecular formula is C14H13ClFN3O3. The molecule has 0 saturated heterocycles. The van der Waals surface area contributed by atoms with Gasteiger partial charge in [-0.25, -0.2) is 4.39 Å². The molecule has 22 heavy (non-hydrogen) atoms. The van der Waals surface area contributed by atoms with Crippen molar-refractivity contribution in [1.82, 2.24) is 9.78 Å². The van der Waals surface area contributed by atoms with E-state index in [9.17, 15) is 14.0 Å². The summed E-state index contributed by atoms with van der Waals surface area (Å²) in [5.41, 5.74) is 0.436. The molecule has 1 aromatic carbocycles. The number of benzene rings is 1. The van der Waals surface area contributed by atoms with Crippen molar-refractivity contribution in [2.45, 2.75) is 19.4 Å². The molecule has 2 N–H and O–H groups in total. The SMILES string of the molecule is O=C(O)CCC(=O)Nc1nn(Cc2ccccc2F)cc1Cl. The first-order chi connectivity index (χ1) is 10.5. The number of hydrogen-bond acceptors (Lipinski definition) is 3. The highest BCUT2D eigenvalue weighted by Gasteiger charge is 2.12. The van der Waals surface area contributed by atoms with Crippen LogP contribution in [0.2, 0.25) is 5.02 Å². The Morgan fingerprint density at radius 1 is 1.32 bits per heavy atom. The molecule has 6 nitrogen and oxygen atoms in total. The zero-order chi connectivity index (χ0) is 16.1. The van der Waals surface area contributed by atoms with Crippen molar-refractivity contribution >= 4 is 29.3 Å². The van der Waals surface area contributed by atoms with Crippen molar-refractivity contribution < 1.29 is 19.1 Å². The van der Waals surface area contributed by atoms with Crippen molar-refractivity contribution in [3.05, 3.63) is 46.9 Å². The number of rotatable bonds is 6. The number of aromatic nitrogens is 2. The molecule has 0 bridgehead atoms. The zero-order valence-electron chi connectivity index (χ0n) is 11.4. The third-order valence-electron chi connectivity index (χ3n) is 2.83. The lowest BCUT2D eigenvalue weighted by molar-refractivity contribution is -0.138. The summed E-state index contributed by atoms with van der Waals surface area (Å²) in [6.07, 6.45) is 1.01. The normalized spacial score (nSPS) is 10.5. The average Bonchev–Trinajstić information content (AvgIpc) is 2.79. The number of nitrogens with zero attached hydrogens (tertiary/aromatic N) is 2. The number of aliphatic carboxylic acids is 1. The highest BCUT2D eigenvalue weighted by Crippen LogP contribution is 2.20. The summed E-state index contributed by atoms with van der Waals surface area (Å²) in [4.78, 5) is 21.9. The number of hydrogen-bond donors (Lipinski definition) is 2. The molecule has 1 heterocycles. The van der Waals surface area contributed by atoms with Crippen LogP contribution in [-0.2, 0) is 16.1 Å². The first-order valence-electron chi connectivity index (χ1n) is 6.43.